The first kappa shape index (κ1) is 31.7. The number of rotatable bonds is 2. The minimum atomic E-state index is -0.609. The van der Waals surface area contributed by atoms with E-state index in [9.17, 15) is 22.4 Å². The maximum absolute atomic E-state index is 12.5. The minimum Gasteiger partial charge on any atom is -0.494 e. The van der Waals surface area contributed by atoms with Gasteiger partial charge in [0, 0.05) is 11.6 Å². The average Bonchev–Trinajstić information content (AvgIpc) is 2.71. The van der Waals surface area contributed by atoms with Crippen LogP contribution in [0.15, 0.2) is 43.0 Å². The van der Waals surface area contributed by atoms with Crippen LogP contribution in [0.1, 0.15) is 26.3 Å². The first-order valence-electron chi connectivity index (χ1n) is 8.73. The van der Waals surface area contributed by atoms with Crippen molar-refractivity contribution in [1.29, 1.82) is 0 Å². The van der Waals surface area contributed by atoms with Crippen LogP contribution in [-0.2, 0) is 4.74 Å². The lowest BCUT2D eigenvalue weighted by Gasteiger charge is -2.18. The number of benzene rings is 2. The van der Waals surface area contributed by atoms with E-state index < -0.39 is 35.0 Å². The molecule has 3 N–H and O–H groups in total. The molecule has 32 heavy (non-hydrogen) atoms. The van der Waals surface area contributed by atoms with Crippen molar-refractivity contribution in [2.24, 2.45) is 5.84 Å². The Hall–Kier alpha value is -2.49. The molecule has 0 fully saturated rings. The molecule has 0 bridgehead atoms. The van der Waals surface area contributed by atoms with Gasteiger partial charge in [0.25, 0.3) is 0 Å². The molecule has 0 aromatic heterocycles. The molecule has 5 nitrogen and oxygen atoms in total. The van der Waals surface area contributed by atoms with Crippen LogP contribution < -0.4 is 16.0 Å². The van der Waals surface area contributed by atoms with E-state index in [-0.39, 0.29) is 16.7 Å². The van der Waals surface area contributed by atoms with Gasteiger partial charge in [-0.25, -0.2) is 28.2 Å². The lowest BCUT2D eigenvalue weighted by atomic mass is 10.2. The van der Waals surface area contributed by atoms with E-state index in [2.05, 4.69) is 11.3 Å². The molecule has 0 saturated carbocycles. The number of nitrogens with one attached hydrogen (secondary N) is 1. The summed E-state index contributed by atoms with van der Waals surface area (Å²) in [5.41, 5.74) is 1.59. The molecular weight excluding hydrogens is 475 g/mol. The van der Waals surface area contributed by atoms with Crippen LogP contribution >= 0.6 is 23.2 Å². The number of amides is 1. The summed E-state index contributed by atoms with van der Waals surface area (Å²) in [4.78, 5) is 10.4. The largest absolute Gasteiger partial charge is 0.494 e. The summed E-state index contributed by atoms with van der Waals surface area (Å²) in [6.45, 7) is 8.62. The van der Waals surface area contributed by atoms with E-state index in [1.807, 2.05) is 5.43 Å². The molecule has 0 atom stereocenters. The minimum absolute atomic E-state index is 0.0694. The van der Waals surface area contributed by atoms with Crippen LogP contribution in [0, 0.1) is 23.3 Å². The van der Waals surface area contributed by atoms with Gasteiger partial charge in [-0.05, 0) is 51.1 Å². The molecule has 180 valence electrons. The van der Waals surface area contributed by atoms with E-state index >= 15 is 0 Å². The molecule has 0 heterocycles. The van der Waals surface area contributed by atoms with Gasteiger partial charge in [-0.2, -0.15) is 0 Å². The van der Waals surface area contributed by atoms with Gasteiger partial charge in [-0.1, -0.05) is 12.7 Å². The average molecular weight is 501 g/mol. The van der Waals surface area contributed by atoms with Gasteiger partial charge in [-0.15, -0.1) is 23.2 Å². The van der Waals surface area contributed by atoms with Gasteiger partial charge in [-0.3, -0.25) is 5.43 Å². The molecule has 0 aliphatic heterocycles. The van der Waals surface area contributed by atoms with Crippen molar-refractivity contribution in [2.75, 3.05) is 12.4 Å². The Balaban J connectivity index is 0. The molecule has 2 aromatic carbocycles. The second kappa shape index (κ2) is 17.1. The first-order chi connectivity index (χ1) is 14.8. The Bertz CT molecular complexity index is 835. The van der Waals surface area contributed by atoms with Crippen molar-refractivity contribution in [2.45, 2.75) is 26.4 Å². The third kappa shape index (κ3) is 16.2. The highest BCUT2D eigenvalue weighted by molar-refractivity contribution is 6.40. The fourth-order valence-electron chi connectivity index (χ4n) is 1.61. The molecule has 0 spiro atoms. The predicted octanol–water partition coefficient (Wildman–Crippen LogP) is 6.39. The Morgan fingerprint density at radius 1 is 1.06 bits per heavy atom. The van der Waals surface area contributed by atoms with Gasteiger partial charge >= 0.3 is 6.09 Å². The summed E-state index contributed by atoms with van der Waals surface area (Å²) in [6.07, 6.45) is 0.667. The second-order valence-electron chi connectivity index (χ2n) is 6.40. The molecule has 0 aliphatic rings. The van der Waals surface area contributed by atoms with Crippen LogP contribution in [0.2, 0.25) is 0 Å². The van der Waals surface area contributed by atoms with Gasteiger partial charge in [0.1, 0.15) is 23.1 Å². The smallest absolute Gasteiger partial charge is 0.421 e. The Kier molecular flexibility index (Phi) is 16.9. The molecule has 11 heteroatoms. The molecular formula is C21H26Cl2F4N2O3. The third-order valence-electron chi connectivity index (χ3n) is 2.81. The Morgan fingerprint density at radius 3 is 1.84 bits per heavy atom. The third-order valence-corrected chi connectivity index (χ3v) is 2.81. The summed E-state index contributed by atoms with van der Waals surface area (Å²) in [5.74, 6) is 2.74. The van der Waals surface area contributed by atoms with E-state index in [1.165, 1.54) is 13.2 Å². The Labute approximate surface area is 195 Å². The van der Waals surface area contributed by atoms with E-state index in [1.54, 1.807) is 20.8 Å². The summed E-state index contributed by atoms with van der Waals surface area (Å²) in [6, 6.07) is 6.30. The standard InChI is InChI=1S/C8H6F2.C7H6F2O.C5H12N2O2.CH2Cl2/c1-2-6-5-7(9)3-4-8(6)10;1-10-7-4-5(8)2-3-6(7)9;1-5(2,3)9-4(8)7-6;2-1-3/h2-5H,1H2;2-4H,1H3;6H2,1-3H3,(H,7,8);1H2. The zero-order chi connectivity index (χ0) is 25.3. The summed E-state index contributed by atoms with van der Waals surface area (Å²) >= 11 is 9.53. The van der Waals surface area contributed by atoms with E-state index in [4.69, 9.17) is 33.8 Å². The molecule has 0 radical (unpaired) electrons. The Morgan fingerprint density at radius 2 is 1.53 bits per heavy atom. The normalized spacial score (nSPS) is 9.47. The number of nitrogens with two attached hydrogens (primary N) is 1. The van der Waals surface area contributed by atoms with Crippen LogP contribution in [0.5, 0.6) is 5.75 Å². The van der Waals surface area contributed by atoms with Gasteiger partial charge in [0.05, 0.1) is 12.4 Å². The highest BCUT2D eigenvalue weighted by atomic mass is 35.5. The number of methoxy groups -OCH3 is 1. The molecule has 0 saturated heterocycles. The molecule has 2 rings (SSSR count). The quantitative estimate of drug-likeness (QED) is 0.165. The monoisotopic (exact) mass is 500 g/mol. The SMILES string of the molecule is C=Cc1cc(F)ccc1F.CC(C)(C)OC(=O)NN.COc1cc(F)ccc1F.ClCCl. The number of halogens is 6. The van der Waals surface area contributed by atoms with Gasteiger partial charge in [0.15, 0.2) is 11.6 Å². The number of hydrogen-bond acceptors (Lipinski definition) is 4. The molecule has 0 unspecified atom stereocenters. The summed E-state index contributed by atoms with van der Waals surface area (Å²) < 4.78 is 58.8. The van der Waals surface area contributed by atoms with Crippen molar-refractivity contribution in [1.82, 2.24) is 5.43 Å². The maximum Gasteiger partial charge on any atom is 0.421 e. The van der Waals surface area contributed by atoms with Crippen LogP contribution in [0.4, 0.5) is 22.4 Å². The molecule has 1 amide bonds. The number of hydrazine groups is 1. The van der Waals surface area contributed by atoms with Gasteiger partial charge < -0.3 is 9.47 Å². The highest BCUT2D eigenvalue weighted by Crippen LogP contribution is 2.16. The predicted molar refractivity (Wildman–Crippen MR) is 119 cm³/mol. The molecule has 0 aliphatic carbocycles. The zero-order valence-corrected chi connectivity index (χ0v) is 19.5. The highest BCUT2D eigenvalue weighted by Gasteiger charge is 2.14. The lowest BCUT2D eigenvalue weighted by Crippen LogP contribution is -2.36. The fourth-order valence-corrected chi connectivity index (χ4v) is 1.61. The van der Waals surface area contributed by atoms with Crippen LogP contribution in [0.25, 0.3) is 6.08 Å². The second-order valence-corrected chi connectivity index (χ2v) is 7.20. The first-order valence-corrected chi connectivity index (χ1v) is 9.80. The summed E-state index contributed by atoms with van der Waals surface area (Å²) in [7, 11) is 1.29. The number of carbonyl (C=O) groups excluding carboxylic acids is 1. The van der Waals surface area contributed by atoms with Crippen molar-refractivity contribution in [3.05, 3.63) is 71.8 Å². The van der Waals surface area contributed by atoms with Crippen molar-refractivity contribution >= 4 is 35.4 Å². The zero-order valence-electron chi connectivity index (χ0n) is 18.0. The van der Waals surface area contributed by atoms with Crippen molar-refractivity contribution in [3.63, 3.8) is 0 Å². The van der Waals surface area contributed by atoms with E-state index in [0.717, 1.165) is 36.4 Å². The van der Waals surface area contributed by atoms with Gasteiger partial charge in [0.2, 0.25) is 0 Å². The van der Waals surface area contributed by atoms with Crippen molar-refractivity contribution < 1.29 is 31.8 Å². The number of alkyl halides is 2. The number of carbonyl (C=O) groups is 1. The van der Waals surface area contributed by atoms with Crippen LogP contribution in [-0.4, -0.2) is 24.1 Å². The van der Waals surface area contributed by atoms with Crippen molar-refractivity contribution in [3.8, 4) is 5.75 Å². The number of ether oxygens (including phenoxy) is 2. The fraction of sp³-hybridized carbons (Fsp3) is 0.286. The topological polar surface area (TPSA) is 73.6 Å². The summed E-state index contributed by atoms with van der Waals surface area (Å²) in [5, 5.41) is 0.194. The number of hydrogen-bond donors (Lipinski definition) is 2. The lowest BCUT2D eigenvalue weighted by molar-refractivity contribution is 0.0527. The molecule has 2 aromatic rings. The maximum atomic E-state index is 12.5. The van der Waals surface area contributed by atoms with Crippen LogP contribution in [0.3, 0.4) is 0 Å². The van der Waals surface area contributed by atoms with E-state index in [0.29, 0.717) is 0 Å².